The molecule has 0 aliphatic rings. The van der Waals surface area contributed by atoms with Crippen LogP contribution >= 0.6 is 0 Å². The lowest BCUT2D eigenvalue weighted by atomic mass is 9.90. The monoisotopic (exact) mass is 643 g/mol. The summed E-state index contributed by atoms with van der Waals surface area (Å²) < 4.78 is 0. The van der Waals surface area contributed by atoms with Crippen LogP contribution in [0.15, 0.2) is 0 Å². The summed E-state index contributed by atoms with van der Waals surface area (Å²) in [5.41, 5.74) is 0. The lowest BCUT2D eigenvalue weighted by molar-refractivity contribution is 0.366. The minimum atomic E-state index is 0.852. The van der Waals surface area contributed by atoms with Crippen molar-refractivity contribution >= 4 is 0 Å². The molecule has 0 aromatic rings. The third kappa shape index (κ3) is 67.1. The summed E-state index contributed by atoms with van der Waals surface area (Å²) in [5.74, 6) is 9.00. The molecule has 0 aromatic heterocycles. The van der Waals surface area contributed by atoms with Gasteiger partial charge in [-0.25, -0.2) is 0 Å². The molecule has 0 nitrogen and oxygen atoms in total. The molecule has 0 spiro atoms. The molecule has 0 saturated heterocycles. The lowest BCUT2D eigenvalue weighted by Gasteiger charge is -2.16. The van der Waals surface area contributed by atoms with Crippen LogP contribution < -0.4 is 0 Å². The van der Waals surface area contributed by atoms with Gasteiger partial charge in [-0.05, 0) is 72.0 Å². The van der Waals surface area contributed by atoms with Crippen LogP contribution in [0.3, 0.4) is 0 Å². The van der Waals surface area contributed by atoms with E-state index in [1.807, 2.05) is 0 Å². The Morgan fingerprint density at radius 1 is 0.311 bits per heavy atom. The molecule has 0 aliphatic carbocycles. The smallest absolute Gasteiger partial charge is 0.0414 e. The summed E-state index contributed by atoms with van der Waals surface area (Å²) in [6.45, 7) is 49.9. The van der Waals surface area contributed by atoms with E-state index in [0.29, 0.717) is 0 Å². The fourth-order valence-corrected chi connectivity index (χ4v) is 4.02. The zero-order valence-corrected chi connectivity index (χ0v) is 37.0. The number of hydrogen-bond donors (Lipinski definition) is 0. The molecule has 2 unspecified atom stereocenters. The highest BCUT2D eigenvalue weighted by Crippen LogP contribution is 2.21. The molecular formula is C45H102. The second kappa shape index (κ2) is 44.0. The summed E-state index contributed by atoms with van der Waals surface area (Å²) in [6, 6.07) is 0. The van der Waals surface area contributed by atoms with Crippen LogP contribution in [0.1, 0.15) is 236 Å². The maximum Gasteiger partial charge on any atom is -0.0414 e. The fourth-order valence-electron chi connectivity index (χ4n) is 4.02. The predicted molar refractivity (Wildman–Crippen MR) is 220 cm³/mol. The number of hydrogen-bond acceptors (Lipinski definition) is 0. The third-order valence-corrected chi connectivity index (χ3v) is 9.37. The van der Waals surface area contributed by atoms with Gasteiger partial charge < -0.3 is 0 Å². The number of rotatable bonds is 17. The van der Waals surface area contributed by atoms with Gasteiger partial charge in [-0.1, -0.05) is 223 Å². The topological polar surface area (TPSA) is 0 Å². The van der Waals surface area contributed by atoms with E-state index in [9.17, 15) is 0 Å². The van der Waals surface area contributed by atoms with Crippen LogP contribution in [0.4, 0.5) is 0 Å². The van der Waals surface area contributed by atoms with Gasteiger partial charge in [-0.15, -0.1) is 0 Å². The maximum absolute atomic E-state index is 2.33. The highest BCUT2D eigenvalue weighted by molar-refractivity contribution is 4.59. The van der Waals surface area contributed by atoms with E-state index < -0.39 is 0 Å². The van der Waals surface area contributed by atoms with Crippen LogP contribution in [0.5, 0.6) is 0 Å². The average Bonchev–Trinajstić information content (AvgIpc) is 2.97. The molecule has 0 saturated carbocycles. The van der Waals surface area contributed by atoms with E-state index in [0.717, 1.165) is 59.2 Å². The first kappa shape index (κ1) is 57.3. The van der Waals surface area contributed by atoms with Crippen molar-refractivity contribution in [3.05, 3.63) is 0 Å². The van der Waals surface area contributed by atoms with Crippen LogP contribution in [0.2, 0.25) is 0 Å². The lowest BCUT2D eigenvalue weighted by Crippen LogP contribution is -2.02. The standard InChI is InChI=1S/C11H24.C9H20.2C7H16.C6H14.C5H12/c1-5-7-8-11(6-2)9-10(3)4;1-5-9(6-2)7-8(3)4;1-5-7(4)6(2)3;1-4-5-6-7(2)3;1-5(2)6(3)4;1-4-5(2)3/h10-11H,5-9H2,1-4H3;8-9H,5-7H2,1-4H3;6-7H,5H2,1-4H3;7H,4-6H2,1-3H3;5-6H,1-4H3;5H,4H2,1-3H3. The zero-order chi connectivity index (χ0) is 37.0. The summed E-state index contributed by atoms with van der Waals surface area (Å²) in [5, 5.41) is 0. The van der Waals surface area contributed by atoms with E-state index in [2.05, 4.69) is 152 Å². The van der Waals surface area contributed by atoms with Crippen molar-refractivity contribution in [2.75, 3.05) is 0 Å². The SMILES string of the molecule is CC(C)C(C)C.CCC(C)C.CCC(C)C(C)C.CCC(CC)CC(C)C.CCCCC(C)C.CCCCC(CC)CC(C)C. The van der Waals surface area contributed by atoms with Crippen molar-refractivity contribution in [3.63, 3.8) is 0 Å². The van der Waals surface area contributed by atoms with Crippen LogP contribution in [0.25, 0.3) is 0 Å². The highest BCUT2D eigenvalue weighted by Gasteiger charge is 2.07. The molecule has 0 bridgehead atoms. The molecule has 0 amide bonds. The normalized spacial score (nSPS) is 12.1. The van der Waals surface area contributed by atoms with Gasteiger partial charge in [-0.2, -0.15) is 0 Å². The quantitative estimate of drug-likeness (QED) is 0.148. The molecule has 0 rings (SSSR count). The van der Waals surface area contributed by atoms with Crippen molar-refractivity contribution in [3.8, 4) is 0 Å². The van der Waals surface area contributed by atoms with Crippen molar-refractivity contribution in [2.45, 2.75) is 236 Å². The first-order valence-electron chi connectivity index (χ1n) is 20.8. The minimum Gasteiger partial charge on any atom is -0.0654 e. The van der Waals surface area contributed by atoms with Crippen molar-refractivity contribution in [1.29, 1.82) is 0 Å². The van der Waals surface area contributed by atoms with Gasteiger partial charge in [0, 0.05) is 0 Å². The molecule has 2 atom stereocenters. The fraction of sp³-hybridized carbons (Fsp3) is 1.00. The van der Waals surface area contributed by atoms with Gasteiger partial charge in [0.05, 0.1) is 0 Å². The van der Waals surface area contributed by atoms with Crippen LogP contribution in [-0.2, 0) is 0 Å². The first-order valence-corrected chi connectivity index (χ1v) is 20.8. The van der Waals surface area contributed by atoms with Gasteiger partial charge in [0.15, 0.2) is 0 Å². The van der Waals surface area contributed by atoms with E-state index in [1.165, 1.54) is 83.5 Å². The van der Waals surface area contributed by atoms with Gasteiger partial charge in [-0.3, -0.25) is 0 Å². The molecule has 0 N–H and O–H groups in total. The van der Waals surface area contributed by atoms with Crippen LogP contribution in [0, 0.1) is 59.2 Å². The largest absolute Gasteiger partial charge is 0.0654 e. The van der Waals surface area contributed by atoms with Gasteiger partial charge in [0.1, 0.15) is 0 Å². The van der Waals surface area contributed by atoms with Crippen LogP contribution in [-0.4, -0.2) is 0 Å². The molecule has 45 heavy (non-hydrogen) atoms. The Bertz CT molecular complexity index is 443. The van der Waals surface area contributed by atoms with E-state index in [1.54, 1.807) is 0 Å². The minimum absolute atomic E-state index is 0.852. The third-order valence-electron chi connectivity index (χ3n) is 9.37. The molecule has 0 aromatic carbocycles. The summed E-state index contributed by atoms with van der Waals surface area (Å²) in [6.07, 6.45) is 17.9. The molecule has 0 aliphatic heterocycles. The second-order valence-electron chi connectivity index (χ2n) is 16.8. The van der Waals surface area contributed by atoms with E-state index >= 15 is 0 Å². The second-order valence-corrected chi connectivity index (χ2v) is 16.8. The molecular weight excluding hydrogens is 540 g/mol. The van der Waals surface area contributed by atoms with Gasteiger partial charge >= 0.3 is 0 Å². The van der Waals surface area contributed by atoms with E-state index in [-0.39, 0.29) is 0 Å². The average molecular weight is 643 g/mol. The highest BCUT2D eigenvalue weighted by atomic mass is 14.1. The van der Waals surface area contributed by atoms with Gasteiger partial charge in [0.2, 0.25) is 0 Å². The molecule has 282 valence electrons. The van der Waals surface area contributed by atoms with Gasteiger partial charge in [0.25, 0.3) is 0 Å². The zero-order valence-electron chi connectivity index (χ0n) is 37.0. The Hall–Kier alpha value is 0. The molecule has 0 heterocycles. The molecule has 0 heteroatoms. The van der Waals surface area contributed by atoms with Crippen molar-refractivity contribution < 1.29 is 0 Å². The Morgan fingerprint density at radius 3 is 0.778 bits per heavy atom. The van der Waals surface area contributed by atoms with E-state index in [4.69, 9.17) is 0 Å². The molecule has 0 fully saturated rings. The molecule has 0 radical (unpaired) electrons. The van der Waals surface area contributed by atoms with Crippen molar-refractivity contribution in [1.82, 2.24) is 0 Å². The Balaban J connectivity index is -0.000000103. The number of unbranched alkanes of at least 4 members (excludes halogenated alkanes) is 2. The maximum atomic E-state index is 2.33. The van der Waals surface area contributed by atoms with Crippen molar-refractivity contribution in [2.24, 2.45) is 59.2 Å². The Labute approximate surface area is 294 Å². The Kier molecular flexibility index (Phi) is 56.0. The summed E-state index contributed by atoms with van der Waals surface area (Å²) in [7, 11) is 0. The first-order chi connectivity index (χ1) is 20.8. The summed E-state index contributed by atoms with van der Waals surface area (Å²) >= 11 is 0. The Morgan fingerprint density at radius 2 is 0.644 bits per heavy atom. The summed E-state index contributed by atoms with van der Waals surface area (Å²) in [4.78, 5) is 0. The predicted octanol–water partition coefficient (Wildman–Crippen LogP) is 17.6.